The highest BCUT2D eigenvalue weighted by Crippen LogP contribution is 2.23. The van der Waals surface area contributed by atoms with Crippen molar-refractivity contribution in [1.29, 1.82) is 0 Å². The molecule has 1 aromatic carbocycles. The summed E-state index contributed by atoms with van der Waals surface area (Å²) in [7, 11) is 1.93. The number of halogens is 1. The van der Waals surface area contributed by atoms with Crippen LogP contribution in [0.25, 0.3) is 11.0 Å². The number of nitrogens with zero attached hydrogens (tertiary/aromatic N) is 1. The third-order valence-corrected chi connectivity index (χ3v) is 3.06. The molecule has 0 spiro atoms. The molecule has 0 aliphatic rings. The summed E-state index contributed by atoms with van der Waals surface area (Å²) < 4.78 is 1.08. The Morgan fingerprint density at radius 2 is 2.20 bits per heavy atom. The summed E-state index contributed by atoms with van der Waals surface area (Å²) >= 11 is 3.48. The number of rotatable bonds is 2. The van der Waals surface area contributed by atoms with Crippen molar-refractivity contribution in [2.45, 2.75) is 19.9 Å². The molecule has 0 aliphatic carbocycles. The number of aryl methyl sites for hydroxylation is 1. The summed E-state index contributed by atoms with van der Waals surface area (Å²) in [4.78, 5) is 7.91. The van der Waals surface area contributed by atoms with E-state index in [1.807, 2.05) is 7.05 Å². The molecule has 1 heterocycles. The summed E-state index contributed by atoms with van der Waals surface area (Å²) in [5.41, 5.74) is 3.32. The Balaban J connectivity index is 2.60. The lowest BCUT2D eigenvalue weighted by atomic mass is 10.2. The van der Waals surface area contributed by atoms with Crippen LogP contribution in [0.15, 0.2) is 16.6 Å². The Bertz CT molecular complexity index is 490. The van der Waals surface area contributed by atoms with Crippen LogP contribution in [-0.4, -0.2) is 17.0 Å². The number of hydrogen-bond donors (Lipinski definition) is 2. The minimum Gasteiger partial charge on any atom is -0.341 e. The van der Waals surface area contributed by atoms with Crippen LogP contribution in [0.1, 0.15) is 24.4 Å². The molecule has 1 aromatic heterocycles. The Morgan fingerprint density at radius 1 is 1.47 bits per heavy atom. The molecule has 0 fully saturated rings. The number of benzene rings is 1. The van der Waals surface area contributed by atoms with E-state index in [9.17, 15) is 0 Å². The van der Waals surface area contributed by atoms with Gasteiger partial charge in [-0.25, -0.2) is 4.98 Å². The lowest BCUT2D eigenvalue weighted by molar-refractivity contribution is 0.620. The molecule has 80 valence electrons. The Morgan fingerprint density at radius 3 is 2.87 bits per heavy atom. The SMILES string of the molecule is CNC(C)c1nc2c(C)cc(Br)cc2[nH]1. The molecule has 0 saturated carbocycles. The molecule has 15 heavy (non-hydrogen) atoms. The van der Waals surface area contributed by atoms with E-state index >= 15 is 0 Å². The Labute approximate surface area is 97.4 Å². The maximum absolute atomic E-state index is 4.59. The first-order valence-corrected chi connectivity index (χ1v) is 5.74. The monoisotopic (exact) mass is 267 g/mol. The fraction of sp³-hybridized carbons (Fsp3) is 0.364. The van der Waals surface area contributed by atoms with Gasteiger partial charge in [-0.05, 0) is 38.6 Å². The topological polar surface area (TPSA) is 40.7 Å². The van der Waals surface area contributed by atoms with Gasteiger partial charge in [-0.3, -0.25) is 0 Å². The van der Waals surface area contributed by atoms with Crippen molar-refractivity contribution in [3.05, 3.63) is 28.0 Å². The maximum atomic E-state index is 4.59. The Kier molecular flexibility index (Phi) is 2.80. The molecule has 2 N–H and O–H groups in total. The van der Waals surface area contributed by atoms with E-state index in [0.717, 1.165) is 21.3 Å². The number of hydrogen-bond acceptors (Lipinski definition) is 2. The van der Waals surface area contributed by atoms with E-state index in [1.165, 1.54) is 5.56 Å². The summed E-state index contributed by atoms with van der Waals surface area (Å²) in [5.74, 6) is 0.980. The molecule has 4 heteroatoms. The lowest BCUT2D eigenvalue weighted by Gasteiger charge is -2.04. The second-order valence-electron chi connectivity index (χ2n) is 3.75. The standard InChI is InChI=1S/C11H14BrN3/c1-6-4-8(12)5-9-10(6)15-11(14-9)7(2)13-3/h4-5,7,13H,1-3H3,(H,14,15). The molecule has 2 rings (SSSR count). The third-order valence-electron chi connectivity index (χ3n) is 2.60. The summed E-state index contributed by atoms with van der Waals surface area (Å²) in [6, 6.07) is 4.38. The average Bonchev–Trinajstić information content (AvgIpc) is 2.60. The van der Waals surface area contributed by atoms with E-state index in [1.54, 1.807) is 0 Å². The van der Waals surface area contributed by atoms with E-state index in [-0.39, 0.29) is 6.04 Å². The van der Waals surface area contributed by atoms with Gasteiger partial charge in [0.2, 0.25) is 0 Å². The van der Waals surface area contributed by atoms with E-state index < -0.39 is 0 Å². The van der Waals surface area contributed by atoms with E-state index in [2.05, 4.69) is 57.2 Å². The smallest absolute Gasteiger partial charge is 0.124 e. The zero-order valence-electron chi connectivity index (χ0n) is 9.06. The number of aromatic nitrogens is 2. The van der Waals surface area contributed by atoms with Crippen LogP contribution < -0.4 is 5.32 Å². The average molecular weight is 268 g/mol. The molecule has 0 saturated heterocycles. The van der Waals surface area contributed by atoms with Crippen LogP contribution in [-0.2, 0) is 0 Å². The van der Waals surface area contributed by atoms with Crippen LogP contribution in [0.2, 0.25) is 0 Å². The molecule has 2 aromatic rings. The summed E-state index contributed by atoms with van der Waals surface area (Å²) in [6.07, 6.45) is 0. The summed E-state index contributed by atoms with van der Waals surface area (Å²) in [5, 5.41) is 3.17. The van der Waals surface area contributed by atoms with Gasteiger partial charge < -0.3 is 10.3 Å². The fourth-order valence-electron chi connectivity index (χ4n) is 1.61. The molecule has 0 aliphatic heterocycles. The second-order valence-corrected chi connectivity index (χ2v) is 4.67. The normalized spacial score (nSPS) is 13.3. The number of H-pyrrole nitrogens is 1. The zero-order valence-corrected chi connectivity index (χ0v) is 10.6. The zero-order chi connectivity index (χ0) is 11.0. The van der Waals surface area contributed by atoms with Crippen LogP contribution in [0.4, 0.5) is 0 Å². The largest absolute Gasteiger partial charge is 0.341 e. The van der Waals surface area contributed by atoms with Gasteiger partial charge in [-0.1, -0.05) is 15.9 Å². The highest BCUT2D eigenvalue weighted by Gasteiger charge is 2.10. The highest BCUT2D eigenvalue weighted by atomic mass is 79.9. The molecule has 0 amide bonds. The fourth-order valence-corrected chi connectivity index (χ4v) is 2.18. The molecular formula is C11H14BrN3. The van der Waals surface area contributed by atoms with Crippen molar-refractivity contribution in [3.63, 3.8) is 0 Å². The predicted molar refractivity (Wildman–Crippen MR) is 66.0 cm³/mol. The van der Waals surface area contributed by atoms with Crippen LogP contribution in [0.5, 0.6) is 0 Å². The number of fused-ring (bicyclic) bond motifs is 1. The predicted octanol–water partition coefficient (Wildman–Crippen LogP) is 2.91. The lowest BCUT2D eigenvalue weighted by Crippen LogP contribution is -2.13. The molecular weight excluding hydrogens is 254 g/mol. The van der Waals surface area contributed by atoms with Gasteiger partial charge in [-0.2, -0.15) is 0 Å². The number of aromatic amines is 1. The minimum absolute atomic E-state index is 0.246. The third kappa shape index (κ3) is 1.92. The van der Waals surface area contributed by atoms with Gasteiger partial charge in [0.25, 0.3) is 0 Å². The molecule has 1 unspecified atom stereocenters. The van der Waals surface area contributed by atoms with Crippen molar-refractivity contribution in [2.75, 3.05) is 7.05 Å². The highest BCUT2D eigenvalue weighted by molar-refractivity contribution is 9.10. The quantitative estimate of drug-likeness (QED) is 0.879. The molecule has 1 atom stereocenters. The molecule has 0 bridgehead atoms. The molecule has 0 radical (unpaired) electrons. The van der Waals surface area contributed by atoms with Gasteiger partial charge in [0.05, 0.1) is 17.1 Å². The van der Waals surface area contributed by atoms with Crippen LogP contribution in [0, 0.1) is 6.92 Å². The van der Waals surface area contributed by atoms with Crippen molar-refractivity contribution in [3.8, 4) is 0 Å². The van der Waals surface area contributed by atoms with Gasteiger partial charge >= 0.3 is 0 Å². The van der Waals surface area contributed by atoms with Gasteiger partial charge in [-0.15, -0.1) is 0 Å². The maximum Gasteiger partial charge on any atom is 0.124 e. The Hall–Kier alpha value is -0.870. The van der Waals surface area contributed by atoms with Crippen molar-refractivity contribution in [2.24, 2.45) is 0 Å². The molecule has 3 nitrogen and oxygen atoms in total. The van der Waals surface area contributed by atoms with Gasteiger partial charge in [0.1, 0.15) is 5.82 Å². The van der Waals surface area contributed by atoms with Crippen molar-refractivity contribution in [1.82, 2.24) is 15.3 Å². The minimum atomic E-state index is 0.246. The van der Waals surface area contributed by atoms with Gasteiger partial charge in [0, 0.05) is 4.47 Å². The first-order valence-electron chi connectivity index (χ1n) is 4.95. The first kappa shape index (κ1) is 10.6. The summed E-state index contributed by atoms with van der Waals surface area (Å²) in [6.45, 7) is 4.16. The second kappa shape index (κ2) is 3.94. The van der Waals surface area contributed by atoms with Crippen LogP contribution >= 0.6 is 15.9 Å². The van der Waals surface area contributed by atoms with Crippen LogP contribution in [0.3, 0.4) is 0 Å². The number of imidazole rings is 1. The first-order chi connectivity index (χ1) is 7.11. The van der Waals surface area contributed by atoms with Gasteiger partial charge in [0.15, 0.2) is 0 Å². The van der Waals surface area contributed by atoms with Crippen molar-refractivity contribution >= 4 is 27.0 Å². The number of nitrogens with one attached hydrogen (secondary N) is 2. The van der Waals surface area contributed by atoms with E-state index in [0.29, 0.717) is 0 Å². The van der Waals surface area contributed by atoms with E-state index in [4.69, 9.17) is 0 Å². The van der Waals surface area contributed by atoms with Crippen molar-refractivity contribution < 1.29 is 0 Å².